The largest absolute Gasteiger partial charge is 0.496 e. The van der Waals surface area contributed by atoms with Gasteiger partial charge in [0, 0.05) is 50.1 Å². The van der Waals surface area contributed by atoms with Gasteiger partial charge in [-0.15, -0.1) is 0 Å². The maximum Gasteiger partial charge on any atom is 0.317 e. The van der Waals surface area contributed by atoms with Gasteiger partial charge in [-0.3, -0.25) is 0 Å². The number of para-hydroxylation sites is 1. The lowest BCUT2D eigenvalue weighted by atomic mass is 10.0. The van der Waals surface area contributed by atoms with E-state index >= 15 is 0 Å². The van der Waals surface area contributed by atoms with Crippen molar-refractivity contribution in [2.24, 2.45) is 0 Å². The average molecular weight is 412 g/mol. The zero-order valence-electron chi connectivity index (χ0n) is 17.7. The van der Waals surface area contributed by atoms with E-state index in [2.05, 4.69) is 10.2 Å². The second-order valence-corrected chi connectivity index (χ2v) is 7.48. The second kappa shape index (κ2) is 9.30. The summed E-state index contributed by atoms with van der Waals surface area (Å²) in [4.78, 5) is 26.4. The fourth-order valence-electron chi connectivity index (χ4n) is 4.02. The first-order chi connectivity index (χ1) is 14.7. The number of rotatable bonds is 5. The van der Waals surface area contributed by atoms with E-state index in [0.29, 0.717) is 39.3 Å². The highest BCUT2D eigenvalue weighted by molar-refractivity contribution is 5.74. The average Bonchev–Trinajstić information content (AvgIpc) is 2.79. The highest BCUT2D eigenvalue weighted by Crippen LogP contribution is 2.29. The number of hydrogen-bond donors (Lipinski definition) is 1. The first-order valence-electron chi connectivity index (χ1n) is 10.6. The number of carbonyl (C=O) groups is 1. The third-order valence-corrected chi connectivity index (χ3v) is 5.55. The molecule has 1 aromatic heterocycles. The molecule has 1 fully saturated rings. The lowest BCUT2D eigenvalue weighted by molar-refractivity contribution is 0.122. The number of fused-ring (bicyclic) bond motifs is 1. The number of nitrogens with one attached hydrogen (secondary N) is 1. The molecule has 1 aromatic carbocycles. The van der Waals surface area contributed by atoms with Gasteiger partial charge >= 0.3 is 6.03 Å². The molecule has 0 aliphatic carbocycles. The smallest absolute Gasteiger partial charge is 0.317 e. The summed E-state index contributed by atoms with van der Waals surface area (Å²) in [6.07, 6.45) is 1.33. The quantitative estimate of drug-likeness (QED) is 0.811. The van der Waals surface area contributed by atoms with Crippen LogP contribution in [-0.2, 0) is 24.1 Å². The van der Waals surface area contributed by atoms with Crippen LogP contribution in [0.15, 0.2) is 24.3 Å². The van der Waals surface area contributed by atoms with Gasteiger partial charge in [-0.05, 0) is 13.0 Å². The third-order valence-electron chi connectivity index (χ3n) is 5.55. The van der Waals surface area contributed by atoms with Crippen LogP contribution in [-0.4, -0.2) is 67.4 Å². The molecular weight excluding hydrogens is 382 g/mol. The number of morpholine rings is 1. The molecule has 0 spiro atoms. The van der Waals surface area contributed by atoms with Gasteiger partial charge < -0.3 is 24.6 Å². The molecule has 0 atom stereocenters. The number of carbonyl (C=O) groups excluding carboxylic acids is 1. The standard InChI is InChI=1S/C22H29N5O3/c1-3-23-22(28)27-9-8-18-17(15-27)21(26-10-12-30-13-11-26)25-20(24-18)14-16-6-4-5-7-19(16)29-2/h4-7H,3,8-15H2,1-2H3,(H,23,28). The van der Waals surface area contributed by atoms with Gasteiger partial charge in [0.05, 0.1) is 32.6 Å². The number of methoxy groups -OCH3 is 1. The maximum absolute atomic E-state index is 12.4. The molecule has 2 aliphatic heterocycles. The van der Waals surface area contributed by atoms with Crippen molar-refractivity contribution in [1.29, 1.82) is 0 Å². The third kappa shape index (κ3) is 4.33. The second-order valence-electron chi connectivity index (χ2n) is 7.48. The number of hydrogen-bond acceptors (Lipinski definition) is 6. The minimum atomic E-state index is -0.0332. The van der Waals surface area contributed by atoms with Crippen LogP contribution in [0.3, 0.4) is 0 Å². The van der Waals surface area contributed by atoms with Crippen LogP contribution in [0.1, 0.15) is 29.6 Å². The van der Waals surface area contributed by atoms with E-state index in [-0.39, 0.29) is 6.03 Å². The molecule has 30 heavy (non-hydrogen) atoms. The molecule has 4 rings (SSSR count). The zero-order valence-corrected chi connectivity index (χ0v) is 17.7. The predicted molar refractivity (Wildman–Crippen MR) is 114 cm³/mol. The van der Waals surface area contributed by atoms with E-state index in [4.69, 9.17) is 19.4 Å². The number of ether oxygens (including phenoxy) is 2. The maximum atomic E-state index is 12.4. The Morgan fingerprint density at radius 1 is 1.20 bits per heavy atom. The fourth-order valence-corrected chi connectivity index (χ4v) is 4.02. The monoisotopic (exact) mass is 411 g/mol. The Morgan fingerprint density at radius 3 is 2.77 bits per heavy atom. The number of benzene rings is 1. The van der Waals surface area contributed by atoms with Crippen molar-refractivity contribution in [3.63, 3.8) is 0 Å². The zero-order chi connectivity index (χ0) is 20.9. The molecular formula is C22H29N5O3. The summed E-state index contributed by atoms with van der Waals surface area (Å²) in [5, 5.41) is 2.90. The van der Waals surface area contributed by atoms with Gasteiger partial charge in [-0.1, -0.05) is 18.2 Å². The lowest BCUT2D eigenvalue weighted by Crippen LogP contribution is -2.44. The molecule has 2 aromatic rings. The van der Waals surface area contributed by atoms with E-state index in [0.717, 1.165) is 53.7 Å². The molecule has 8 heteroatoms. The Hall–Kier alpha value is -2.87. The highest BCUT2D eigenvalue weighted by Gasteiger charge is 2.28. The summed E-state index contributed by atoms with van der Waals surface area (Å²) in [6, 6.07) is 7.94. The van der Waals surface area contributed by atoms with E-state index in [1.807, 2.05) is 36.1 Å². The molecule has 0 radical (unpaired) electrons. The molecule has 1 saturated heterocycles. The van der Waals surface area contributed by atoms with E-state index in [1.54, 1.807) is 7.11 Å². The summed E-state index contributed by atoms with van der Waals surface area (Å²) in [7, 11) is 1.68. The van der Waals surface area contributed by atoms with Crippen LogP contribution < -0.4 is 15.0 Å². The SMILES string of the molecule is CCNC(=O)N1CCc2nc(Cc3ccccc3OC)nc(N3CCOCC3)c2C1. The molecule has 0 bridgehead atoms. The van der Waals surface area contributed by atoms with Crippen LogP contribution in [0.2, 0.25) is 0 Å². The van der Waals surface area contributed by atoms with Crippen LogP contribution in [0.5, 0.6) is 5.75 Å². The predicted octanol–water partition coefficient (Wildman–Crippen LogP) is 2.00. The van der Waals surface area contributed by atoms with Crippen molar-refractivity contribution < 1.29 is 14.3 Å². The first kappa shape index (κ1) is 20.4. The van der Waals surface area contributed by atoms with E-state index in [1.165, 1.54) is 0 Å². The highest BCUT2D eigenvalue weighted by atomic mass is 16.5. The number of nitrogens with zero attached hydrogens (tertiary/aromatic N) is 4. The Bertz CT molecular complexity index is 898. The molecule has 3 heterocycles. The molecule has 160 valence electrons. The molecule has 0 unspecified atom stereocenters. The minimum Gasteiger partial charge on any atom is -0.496 e. The first-order valence-corrected chi connectivity index (χ1v) is 10.6. The normalized spacial score (nSPS) is 16.2. The van der Waals surface area contributed by atoms with Gasteiger partial charge in [0.25, 0.3) is 0 Å². The van der Waals surface area contributed by atoms with Gasteiger partial charge in [0.1, 0.15) is 17.4 Å². The Morgan fingerprint density at radius 2 is 2.00 bits per heavy atom. The van der Waals surface area contributed by atoms with Crippen molar-refractivity contribution in [2.45, 2.75) is 26.3 Å². The van der Waals surface area contributed by atoms with Crippen LogP contribution in [0.25, 0.3) is 0 Å². The Balaban J connectivity index is 1.68. The molecule has 2 aliphatic rings. The lowest BCUT2D eigenvalue weighted by Gasteiger charge is -2.34. The minimum absolute atomic E-state index is 0.0332. The van der Waals surface area contributed by atoms with Crippen LogP contribution in [0.4, 0.5) is 10.6 Å². The topological polar surface area (TPSA) is 79.8 Å². The number of urea groups is 1. The van der Waals surface area contributed by atoms with Crippen LogP contribution >= 0.6 is 0 Å². The van der Waals surface area contributed by atoms with Gasteiger partial charge in [-0.25, -0.2) is 14.8 Å². The summed E-state index contributed by atoms with van der Waals surface area (Å²) < 4.78 is 11.0. The molecule has 2 amide bonds. The number of anilines is 1. The summed E-state index contributed by atoms with van der Waals surface area (Å²) in [5.74, 6) is 2.56. The fraction of sp³-hybridized carbons (Fsp3) is 0.500. The van der Waals surface area contributed by atoms with Crippen molar-refractivity contribution >= 4 is 11.8 Å². The van der Waals surface area contributed by atoms with Crippen molar-refractivity contribution in [1.82, 2.24) is 20.2 Å². The van der Waals surface area contributed by atoms with Crippen molar-refractivity contribution in [3.8, 4) is 5.75 Å². The van der Waals surface area contributed by atoms with Gasteiger partial charge in [0.2, 0.25) is 0 Å². The van der Waals surface area contributed by atoms with Crippen molar-refractivity contribution in [2.75, 3.05) is 51.4 Å². The van der Waals surface area contributed by atoms with Crippen LogP contribution in [0, 0.1) is 0 Å². The molecule has 0 saturated carbocycles. The summed E-state index contributed by atoms with van der Waals surface area (Å²) in [6.45, 7) is 6.68. The summed E-state index contributed by atoms with van der Waals surface area (Å²) in [5.41, 5.74) is 3.16. The molecule has 8 nitrogen and oxygen atoms in total. The number of amides is 2. The Labute approximate surface area is 177 Å². The molecule has 1 N–H and O–H groups in total. The van der Waals surface area contributed by atoms with Crippen molar-refractivity contribution in [3.05, 3.63) is 46.9 Å². The summed E-state index contributed by atoms with van der Waals surface area (Å²) >= 11 is 0. The van der Waals surface area contributed by atoms with E-state index < -0.39 is 0 Å². The van der Waals surface area contributed by atoms with Gasteiger partial charge in [0.15, 0.2) is 0 Å². The van der Waals surface area contributed by atoms with Gasteiger partial charge in [-0.2, -0.15) is 0 Å². The van der Waals surface area contributed by atoms with E-state index in [9.17, 15) is 4.79 Å². The number of aromatic nitrogens is 2. The Kier molecular flexibility index (Phi) is 6.32.